The molecular formula is C15H13FN2O4S. The van der Waals surface area contributed by atoms with Gasteiger partial charge in [0.25, 0.3) is 15.9 Å². The Kier molecular flexibility index (Phi) is 5.09. The fourth-order valence-corrected chi connectivity index (χ4v) is 2.86. The van der Waals surface area contributed by atoms with Gasteiger partial charge >= 0.3 is 0 Å². The van der Waals surface area contributed by atoms with Crippen LogP contribution in [0, 0.1) is 5.82 Å². The Morgan fingerprint density at radius 3 is 2.57 bits per heavy atom. The average Bonchev–Trinajstić information content (AvgIpc) is 2.55. The molecule has 0 heterocycles. The number of hydroxylamine groups is 1. The fraction of sp³-hybridized carbons (Fsp3) is 0. The minimum Gasteiger partial charge on any atom is -0.288 e. The Labute approximate surface area is 132 Å². The van der Waals surface area contributed by atoms with Gasteiger partial charge in [0, 0.05) is 6.08 Å². The normalized spacial score (nSPS) is 11.4. The maximum Gasteiger partial charge on any atom is 0.267 e. The molecule has 120 valence electrons. The highest BCUT2D eigenvalue weighted by atomic mass is 32.2. The largest absolute Gasteiger partial charge is 0.288 e. The third-order valence-electron chi connectivity index (χ3n) is 2.82. The van der Waals surface area contributed by atoms with Gasteiger partial charge in [-0.3, -0.25) is 14.7 Å². The summed E-state index contributed by atoms with van der Waals surface area (Å²) >= 11 is 0. The second-order valence-electron chi connectivity index (χ2n) is 4.47. The maximum absolute atomic E-state index is 13.6. The molecule has 0 unspecified atom stereocenters. The van der Waals surface area contributed by atoms with Gasteiger partial charge in [-0.05, 0) is 35.9 Å². The molecule has 6 nitrogen and oxygen atoms in total. The van der Waals surface area contributed by atoms with Crippen molar-refractivity contribution in [3.8, 4) is 0 Å². The Hall–Kier alpha value is -2.71. The lowest BCUT2D eigenvalue weighted by molar-refractivity contribution is -0.124. The van der Waals surface area contributed by atoms with Gasteiger partial charge < -0.3 is 0 Å². The van der Waals surface area contributed by atoms with Crippen molar-refractivity contribution in [2.45, 2.75) is 4.90 Å². The second kappa shape index (κ2) is 7.03. The first-order valence-corrected chi connectivity index (χ1v) is 7.90. The third kappa shape index (κ3) is 4.38. The van der Waals surface area contributed by atoms with Crippen molar-refractivity contribution in [1.29, 1.82) is 0 Å². The van der Waals surface area contributed by atoms with Gasteiger partial charge in [-0.15, -0.1) is 0 Å². The summed E-state index contributed by atoms with van der Waals surface area (Å²) in [5, 5.41) is 8.39. The number of carbonyl (C=O) groups excluding carboxylic acids is 1. The van der Waals surface area contributed by atoms with Crippen LogP contribution in [0.4, 0.5) is 10.1 Å². The minimum absolute atomic E-state index is 0.0905. The smallest absolute Gasteiger partial charge is 0.267 e. The van der Waals surface area contributed by atoms with Gasteiger partial charge in [-0.1, -0.05) is 24.3 Å². The molecule has 2 aromatic rings. The maximum atomic E-state index is 13.6. The molecule has 0 aliphatic carbocycles. The molecule has 0 saturated heterocycles. The van der Waals surface area contributed by atoms with Crippen molar-refractivity contribution in [3.05, 3.63) is 66.0 Å². The van der Waals surface area contributed by atoms with E-state index in [0.29, 0.717) is 5.56 Å². The second-order valence-corrected chi connectivity index (χ2v) is 6.15. The summed E-state index contributed by atoms with van der Waals surface area (Å²) in [5.74, 6) is -1.44. The van der Waals surface area contributed by atoms with E-state index in [0.717, 1.165) is 12.1 Å². The third-order valence-corrected chi connectivity index (χ3v) is 4.19. The van der Waals surface area contributed by atoms with E-state index >= 15 is 0 Å². The van der Waals surface area contributed by atoms with Crippen LogP contribution < -0.4 is 10.2 Å². The molecule has 0 aliphatic heterocycles. The Bertz CT molecular complexity index is 850. The van der Waals surface area contributed by atoms with Crippen LogP contribution in [0.1, 0.15) is 5.56 Å². The number of benzene rings is 2. The summed E-state index contributed by atoms with van der Waals surface area (Å²) < 4.78 is 40.3. The van der Waals surface area contributed by atoms with Crippen LogP contribution in [-0.2, 0) is 14.8 Å². The van der Waals surface area contributed by atoms with Crippen molar-refractivity contribution in [3.63, 3.8) is 0 Å². The van der Waals surface area contributed by atoms with Gasteiger partial charge in [0.05, 0.1) is 10.6 Å². The number of hydrogen-bond acceptors (Lipinski definition) is 4. The molecule has 3 N–H and O–H groups in total. The molecule has 8 heteroatoms. The van der Waals surface area contributed by atoms with Crippen molar-refractivity contribution < 1.29 is 22.8 Å². The first-order valence-electron chi connectivity index (χ1n) is 6.42. The average molecular weight is 336 g/mol. The van der Waals surface area contributed by atoms with Crippen LogP contribution in [0.2, 0.25) is 0 Å². The van der Waals surface area contributed by atoms with Crippen LogP contribution in [-0.4, -0.2) is 19.5 Å². The molecule has 2 aromatic carbocycles. The Morgan fingerprint density at radius 1 is 1.13 bits per heavy atom. The van der Waals surface area contributed by atoms with Crippen LogP contribution in [0.15, 0.2) is 59.5 Å². The first-order chi connectivity index (χ1) is 10.9. The number of halogens is 1. The van der Waals surface area contributed by atoms with Crippen molar-refractivity contribution >= 4 is 27.7 Å². The predicted molar refractivity (Wildman–Crippen MR) is 82.6 cm³/mol. The van der Waals surface area contributed by atoms with E-state index in [2.05, 4.69) is 4.72 Å². The van der Waals surface area contributed by atoms with Crippen LogP contribution >= 0.6 is 0 Å². The molecule has 0 saturated carbocycles. The number of sulfonamides is 1. The lowest BCUT2D eigenvalue weighted by Gasteiger charge is -2.09. The quantitative estimate of drug-likeness (QED) is 0.443. The van der Waals surface area contributed by atoms with E-state index < -0.39 is 21.7 Å². The highest BCUT2D eigenvalue weighted by Crippen LogP contribution is 2.19. The molecule has 0 atom stereocenters. The highest BCUT2D eigenvalue weighted by molar-refractivity contribution is 7.92. The zero-order valence-electron chi connectivity index (χ0n) is 11.7. The van der Waals surface area contributed by atoms with Crippen molar-refractivity contribution in [1.82, 2.24) is 5.48 Å². The summed E-state index contributed by atoms with van der Waals surface area (Å²) in [4.78, 5) is 10.8. The molecule has 2 rings (SSSR count). The van der Waals surface area contributed by atoms with Gasteiger partial charge in [0.15, 0.2) is 0 Å². The van der Waals surface area contributed by atoms with Crippen LogP contribution in [0.25, 0.3) is 6.08 Å². The number of carbonyl (C=O) groups is 1. The first kappa shape index (κ1) is 16.7. The molecule has 23 heavy (non-hydrogen) atoms. The molecule has 0 spiro atoms. The van der Waals surface area contributed by atoms with Crippen LogP contribution in [0.3, 0.4) is 0 Å². The monoisotopic (exact) mass is 336 g/mol. The van der Waals surface area contributed by atoms with Gasteiger partial charge in [0.1, 0.15) is 5.82 Å². The Balaban J connectivity index is 2.28. The minimum atomic E-state index is -3.98. The predicted octanol–water partition coefficient (Wildman–Crippen LogP) is 2.15. The molecule has 0 aromatic heterocycles. The number of rotatable bonds is 5. The zero-order valence-corrected chi connectivity index (χ0v) is 12.5. The molecule has 0 fully saturated rings. The van der Waals surface area contributed by atoms with Crippen molar-refractivity contribution in [2.24, 2.45) is 0 Å². The van der Waals surface area contributed by atoms with Crippen LogP contribution in [0.5, 0.6) is 0 Å². The molecule has 1 amide bonds. The van der Waals surface area contributed by atoms with E-state index in [-0.39, 0.29) is 10.6 Å². The lowest BCUT2D eigenvalue weighted by Crippen LogP contribution is -2.15. The number of amides is 1. The Morgan fingerprint density at radius 2 is 1.87 bits per heavy atom. The topological polar surface area (TPSA) is 95.5 Å². The summed E-state index contributed by atoms with van der Waals surface area (Å²) in [7, 11) is -3.98. The number of anilines is 1. The highest BCUT2D eigenvalue weighted by Gasteiger charge is 2.16. The molecule has 0 radical (unpaired) electrons. The molecule has 0 aliphatic rings. The van der Waals surface area contributed by atoms with Gasteiger partial charge in [-0.2, -0.15) is 0 Å². The number of hydrogen-bond donors (Lipinski definition) is 3. The summed E-state index contributed by atoms with van der Waals surface area (Å²) in [6.45, 7) is 0. The SMILES string of the molecule is O=C(C=Cc1cccc(S(=O)(=O)Nc2ccccc2F)c1)NO. The lowest BCUT2D eigenvalue weighted by atomic mass is 10.2. The summed E-state index contributed by atoms with van der Waals surface area (Å²) in [6, 6.07) is 11.1. The van der Waals surface area contributed by atoms with E-state index in [1.54, 1.807) is 6.07 Å². The number of nitrogens with one attached hydrogen (secondary N) is 2. The summed E-state index contributed by atoms with van der Waals surface area (Å²) in [6.07, 6.45) is 2.36. The molecular weight excluding hydrogens is 323 g/mol. The van der Waals surface area contributed by atoms with Gasteiger partial charge in [-0.25, -0.2) is 18.3 Å². The summed E-state index contributed by atoms with van der Waals surface area (Å²) in [5.41, 5.74) is 1.68. The van der Waals surface area contributed by atoms with E-state index in [4.69, 9.17) is 5.21 Å². The fourth-order valence-electron chi connectivity index (χ4n) is 1.74. The van der Waals surface area contributed by atoms with E-state index in [1.165, 1.54) is 48.0 Å². The van der Waals surface area contributed by atoms with Gasteiger partial charge in [0.2, 0.25) is 0 Å². The molecule has 0 bridgehead atoms. The zero-order chi connectivity index (χ0) is 16.9. The van der Waals surface area contributed by atoms with Crippen molar-refractivity contribution in [2.75, 3.05) is 4.72 Å². The number of para-hydroxylation sites is 1. The van der Waals surface area contributed by atoms with E-state index in [9.17, 15) is 17.6 Å². The standard InChI is InChI=1S/C15H13FN2O4S/c16-13-6-1-2-7-14(13)18-23(21,22)12-5-3-4-11(10-12)8-9-15(19)17-20/h1-10,18,20H,(H,17,19). The van der Waals surface area contributed by atoms with E-state index in [1.807, 2.05) is 0 Å².